The topological polar surface area (TPSA) is 103 Å². The minimum Gasteiger partial charge on any atom is -0.489 e. The van der Waals surface area contributed by atoms with Crippen LogP contribution in [0.3, 0.4) is 0 Å². The minimum atomic E-state index is -0.385. The van der Waals surface area contributed by atoms with Crippen molar-refractivity contribution in [2.24, 2.45) is 0 Å². The first-order valence-electron chi connectivity index (χ1n) is 9.48. The number of amides is 2. The first-order chi connectivity index (χ1) is 15.2. The summed E-state index contributed by atoms with van der Waals surface area (Å²) in [5.74, 6) is 1.01. The number of hydrogen-bond donors (Lipinski definition) is 3. The second-order valence-corrected chi connectivity index (χ2v) is 7.46. The monoisotopic (exact) mass is 429 g/mol. The normalized spacial score (nSPS) is 10.5. The van der Waals surface area contributed by atoms with Crippen molar-refractivity contribution in [2.75, 3.05) is 16.9 Å². The molecule has 0 saturated heterocycles. The molecule has 8 heteroatoms. The summed E-state index contributed by atoms with van der Waals surface area (Å²) in [5, 5.41) is 22.7. The fourth-order valence-corrected chi connectivity index (χ4v) is 3.66. The Bertz CT molecular complexity index is 1280. The molecule has 4 aromatic rings. The van der Waals surface area contributed by atoms with Crippen LogP contribution in [-0.2, 0) is 6.61 Å². The number of ether oxygens (including phenoxy) is 1. The molecule has 0 aliphatic heterocycles. The minimum absolute atomic E-state index is 0.266. The van der Waals surface area contributed by atoms with E-state index in [1.807, 2.05) is 60.9 Å². The second-order valence-electron chi connectivity index (χ2n) is 6.62. The Balaban J connectivity index is 1.49. The lowest BCUT2D eigenvalue weighted by atomic mass is 10.1. The number of nitrogens with zero attached hydrogens (tertiary/aromatic N) is 2. The van der Waals surface area contributed by atoms with E-state index in [0.717, 1.165) is 27.0 Å². The molecule has 0 radical (unpaired) electrons. The summed E-state index contributed by atoms with van der Waals surface area (Å²) in [4.78, 5) is 13.5. The van der Waals surface area contributed by atoms with E-state index in [0.29, 0.717) is 17.1 Å². The van der Waals surface area contributed by atoms with Gasteiger partial charge in [-0.25, -0.2) is 4.79 Å². The molecule has 0 bridgehead atoms. The molecule has 1 heterocycles. The Morgan fingerprint density at radius 1 is 1.13 bits per heavy atom. The van der Waals surface area contributed by atoms with E-state index in [2.05, 4.69) is 26.9 Å². The van der Waals surface area contributed by atoms with Crippen molar-refractivity contribution in [1.82, 2.24) is 10.2 Å². The van der Waals surface area contributed by atoms with Gasteiger partial charge >= 0.3 is 6.03 Å². The van der Waals surface area contributed by atoms with Gasteiger partial charge in [0.2, 0.25) is 0 Å². The number of anilines is 2. The Morgan fingerprint density at radius 3 is 2.77 bits per heavy atom. The van der Waals surface area contributed by atoms with Crippen molar-refractivity contribution < 1.29 is 9.53 Å². The van der Waals surface area contributed by atoms with Crippen molar-refractivity contribution in [3.8, 4) is 11.8 Å². The van der Waals surface area contributed by atoms with Gasteiger partial charge in [-0.15, -0.1) is 11.8 Å². The Labute approximate surface area is 183 Å². The highest BCUT2D eigenvalue weighted by atomic mass is 32.2. The highest BCUT2D eigenvalue weighted by Gasteiger charge is 2.12. The van der Waals surface area contributed by atoms with E-state index in [-0.39, 0.29) is 12.6 Å². The highest BCUT2D eigenvalue weighted by molar-refractivity contribution is 7.98. The molecular weight excluding hydrogens is 410 g/mol. The maximum atomic E-state index is 12.5. The number of hydrogen-bond acceptors (Lipinski definition) is 5. The average molecular weight is 430 g/mol. The highest BCUT2D eigenvalue weighted by Crippen LogP contribution is 2.27. The molecule has 7 nitrogen and oxygen atoms in total. The molecule has 2 amide bonds. The Kier molecular flexibility index (Phi) is 6.05. The summed E-state index contributed by atoms with van der Waals surface area (Å²) < 4.78 is 5.87. The lowest BCUT2D eigenvalue weighted by Crippen LogP contribution is -2.20. The molecule has 154 valence electrons. The zero-order chi connectivity index (χ0) is 21.6. The number of carbonyl (C=O) groups excluding carboxylic acids is 1. The van der Waals surface area contributed by atoms with Crippen molar-refractivity contribution in [1.29, 1.82) is 5.26 Å². The smallest absolute Gasteiger partial charge is 0.324 e. The van der Waals surface area contributed by atoms with Crippen LogP contribution >= 0.6 is 11.8 Å². The van der Waals surface area contributed by atoms with Gasteiger partial charge < -0.3 is 10.1 Å². The van der Waals surface area contributed by atoms with E-state index in [1.165, 1.54) is 0 Å². The maximum absolute atomic E-state index is 12.5. The zero-order valence-corrected chi connectivity index (χ0v) is 17.5. The van der Waals surface area contributed by atoms with Gasteiger partial charge in [0, 0.05) is 15.8 Å². The first-order valence-corrected chi connectivity index (χ1v) is 10.7. The van der Waals surface area contributed by atoms with Gasteiger partial charge in [-0.05, 0) is 42.7 Å². The number of nitriles is 1. The molecule has 0 unspecified atom stereocenters. The first kappa shape index (κ1) is 20.3. The summed E-state index contributed by atoms with van der Waals surface area (Å²) in [7, 11) is 0. The number of para-hydroxylation sites is 1. The molecule has 0 aliphatic rings. The van der Waals surface area contributed by atoms with Crippen LogP contribution < -0.4 is 15.4 Å². The van der Waals surface area contributed by atoms with Crippen LogP contribution in [0.4, 0.5) is 16.3 Å². The fraction of sp³-hybridized carbons (Fsp3) is 0.0870. The molecule has 1 aromatic heterocycles. The largest absolute Gasteiger partial charge is 0.489 e. The van der Waals surface area contributed by atoms with Gasteiger partial charge in [-0.3, -0.25) is 10.4 Å². The summed E-state index contributed by atoms with van der Waals surface area (Å²) in [6, 6.07) is 22.1. The number of aromatic amines is 1. The number of nitrogens with one attached hydrogen (secondary N) is 3. The lowest BCUT2D eigenvalue weighted by molar-refractivity contribution is 0.262. The molecule has 0 saturated carbocycles. The Hall–Kier alpha value is -3.96. The number of fused-ring (bicyclic) bond motifs is 1. The van der Waals surface area contributed by atoms with Gasteiger partial charge in [-0.1, -0.05) is 30.3 Å². The van der Waals surface area contributed by atoms with Crippen LogP contribution in [0, 0.1) is 11.3 Å². The third kappa shape index (κ3) is 4.63. The van der Waals surface area contributed by atoms with Gasteiger partial charge in [-0.2, -0.15) is 10.4 Å². The molecule has 3 N–H and O–H groups in total. The third-order valence-electron chi connectivity index (χ3n) is 4.65. The number of urea groups is 1. The van der Waals surface area contributed by atoms with Crippen LogP contribution in [0.2, 0.25) is 0 Å². The number of H-pyrrole nitrogens is 1. The van der Waals surface area contributed by atoms with Crippen LogP contribution in [0.1, 0.15) is 11.1 Å². The molecule has 31 heavy (non-hydrogen) atoms. The van der Waals surface area contributed by atoms with E-state index < -0.39 is 0 Å². The van der Waals surface area contributed by atoms with E-state index in [9.17, 15) is 10.1 Å². The average Bonchev–Trinajstić information content (AvgIpc) is 3.20. The van der Waals surface area contributed by atoms with Crippen LogP contribution in [0.15, 0.2) is 71.6 Å². The van der Waals surface area contributed by atoms with Gasteiger partial charge in [0.1, 0.15) is 12.4 Å². The Morgan fingerprint density at radius 2 is 1.94 bits per heavy atom. The summed E-state index contributed by atoms with van der Waals surface area (Å²) in [6.07, 6.45) is 1.95. The van der Waals surface area contributed by atoms with Crippen LogP contribution in [0.25, 0.3) is 10.9 Å². The number of aromatic nitrogens is 2. The SMILES string of the molecule is CSc1ccccc1NC(=O)Nc1n[nH]c2ccc(OCc3ccccc3C#N)cc12. The molecule has 0 fully saturated rings. The number of carbonyl (C=O) groups is 1. The van der Waals surface area contributed by atoms with Crippen molar-refractivity contribution >= 4 is 40.2 Å². The van der Waals surface area contributed by atoms with Crippen molar-refractivity contribution in [3.05, 3.63) is 77.9 Å². The fourth-order valence-electron chi connectivity index (χ4n) is 3.10. The predicted molar refractivity (Wildman–Crippen MR) is 122 cm³/mol. The molecule has 4 rings (SSSR count). The van der Waals surface area contributed by atoms with E-state index in [1.54, 1.807) is 23.9 Å². The third-order valence-corrected chi connectivity index (χ3v) is 5.45. The maximum Gasteiger partial charge on any atom is 0.324 e. The molecule has 0 atom stereocenters. The quantitative estimate of drug-likeness (QED) is 0.357. The molecule has 0 spiro atoms. The van der Waals surface area contributed by atoms with Gasteiger partial charge in [0.15, 0.2) is 5.82 Å². The zero-order valence-electron chi connectivity index (χ0n) is 16.7. The standard InChI is InChI=1S/C23H19N5O2S/c1-31-21-9-5-4-8-20(21)25-23(29)26-22-18-12-17(10-11-19(18)27-28-22)30-14-16-7-3-2-6-15(16)13-24/h2-12H,14H2,1H3,(H3,25,26,27,28,29). The molecule has 0 aliphatic carbocycles. The number of thioether (sulfide) groups is 1. The summed E-state index contributed by atoms with van der Waals surface area (Å²) in [5.41, 5.74) is 2.89. The summed E-state index contributed by atoms with van der Waals surface area (Å²) in [6.45, 7) is 0.266. The van der Waals surface area contributed by atoms with E-state index >= 15 is 0 Å². The van der Waals surface area contributed by atoms with Gasteiger partial charge in [0.05, 0.1) is 22.8 Å². The number of benzene rings is 3. The van der Waals surface area contributed by atoms with Crippen LogP contribution in [-0.4, -0.2) is 22.5 Å². The molecule has 3 aromatic carbocycles. The van der Waals surface area contributed by atoms with Crippen molar-refractivity contribution in [3.63, 3.8) is 0 Å². The van der Waals surface area contributed by atoms with Crippen LogP contribution in [0.5, 0.6) is 5.75 Å². The van der Waals surface area contributed by atoms with E-state index in [4.69, 9.17) is 4.74 Å². The number of rotatable bonds is 6. The lowest BCUT2D eigenvalue weighted by Gasteiger charge is -2.10. The second kappa shape index (κ2) is 9.24. The predicted octanol–water partition coefficient (Wildman–Crippen LogP) is 5.38. The molecular formula is C23H19N5O2S. The van der Waals surface area contributed by atoms with Crippen molar-refractivity contribution in [2.45, 2.75) is 11.5 Å². The van der Waals surface area contributed by atoms with Gasteiger partial charge in [0.25, 0.3) is 0 Å². The summed E-state index contributed by atoms with van der Waals surface area (Å²) >= 11 is 1.56.